The van der Waals surface area contributed by atoms with Gasteiger partial charge in [-0.15, -0.1) is 0 Å². The van der Waals surface area contributed by atoms with Gasteiger partial charge in [0.05, 0.1) is 0 Å². The smallest absolute Gasteiger partial charge is 0.0153 e. The lowest BCUT2D eigenvalue weighted by atomic mass is 10.0. The molecule has 0 saturated carbocycles. The summed E-state index contributed by atoms with van der Waals surface area (Å²) in [7, 11) is 0. The Kier molecular flexibility index (Phi) is 4.39. The molecule has 1 rings (SSSR count). The van der Waals surface area contributed by atoms with Crippen LogP contribution >= 0.6 is 0 Å². The highest BCUT2D eigenvalue weighted by Gasteiger charge is 2.30. The molecule has 1 saturated heterocycles. The molecule has 0 aliphatic carbocycles. The Morgan fingerprint density at radius 3 is 2.64 bits per heavy atom. The maximum Gasteiger partial charge on any atom is 0.0153 e. The molecular formula is C12H26N2. The van der Waals surface area contributed by atoms with Crippen LogP contribution in [-0.2, 0) is 0 Å². The quantitative estimate of drug-likeness (QED) is 0.734. The number of likely N-dealkylation sites (tertiary alicyclic amines) is 1. The van der Waals surface area contributed by atoms with Crippen molar-refractivity contribution in [3.8, 4) is 0 Å². The molecule has 0 aromatic rings. The number of rotatable bonds is 5. The van der Waals surface area contributed by atoms with Gasteiger partial charge in [0.15, 0.2) is 0 Å². The van der Waals surface area contributed by atoms with E-state index in [2.05, 4.69) is 25.7 Å². The average Bonchev–Trinajstić information content (AvgIpc) is 2.45. The van der Waals surface area contributed by atoms with Gasteiger partial charge in [-0.1, -0.05) is 6.92 Å². The van der Waals surface area contributed by atoms with Gasteiger partial charge in [-0.3, -0.25) is 4.90 Å². The van der Waals surface area contributed by atoms with Gasteiger partial charge in [0.1, 0.15) is 0 Å². The molecule has 1 unspecified atom stereocenters. The lowest BCUT2D eigenvalue weighted by molar-refractivity contribution is 0.169. The summed E-state index contributed by atoms with van der Waals surface area (Å²) in [6.45, 7) is 10.4. The van der Waals surface area contributed by atoms with E-state index >= 15 is 0 Å². The van der Waals surface area contributed by atoms with Gasteiger partial charge in [0.2, 0.25) is 0 Å². The molecule has 14 heavy (non-hydrogen) atoms. The predicted molar refractivity (Wildman–Crippen MR) is 62.3 cm³/mol. The van der Waals surface area contributed by atoms with E-state index in [1.807, 2.05) is 0 Å². The monoisotopic (exact) mass is 198 g/mol. The fourth-order valence-corrected chi connectivity index (χ4v) is 2.33. The van der Waals surface area contributed by atoms with Crippen LogP contribution in [0.25, 0.3) is 0 Å². The SMILES string of the molecule is CC(CN)CCCN1CCCC1(C)C. The van der Waals surface area contributed by atoms with Crippen molar-refractivity contribution < 1.29 is 0 Å². The average molecular weight is 198 g/mol. The second-order valence-corrected chi connectivity index (χ2v) is 5.39. The molecule has 1 aliphatic rings. The molecule has 1 heterocycles. The molecule has 2 N–H and O–H groups in total. The number of hydrogen-bond acceptors (Lipinski definition) is 2. The highest BCUT2D eigenvalue weighted by atomic mass is 15.2. The lowest BCUT2D eigenvalue weighted by Gasteiger charge is -2.31. The van der Waals surface area contributed by atoms with Gasteiger partial charge in [-0.25, -0.2) is 0 Å². The van der Waals surface area contributed by atoms with E-state index in [0.29, 0.717) is 11.5 Å². The summed E-state index contributed by atoms with van der Waals surface area (Å²) in [6.07, 6.45) is 5.32. The van der Waals surface area contributed by atoms with E-state index in [1.165, 1.54) is 38.8 Å². The van der Waals surface area contributed by atoms with E-state index in [4.69, 9.17) is 5.73 Å². The highest BCUT2D eigenvalue weighted by molar-refractivity contribution is 4.87. The molecule has 0 aromatic carbocycles. The second kappa shape index (κ2) is 5.13. The first-order chi connectivity index (χ1) is 6.56. The van der Waals surface area contributed by atoms with Gasteiger partial charge >= 0.3 is 0 Å². The molecule has 2 heteroatoms. The summed E-state index contributed by atoms with van der Waals surface area (Å²) in [5.41, 5.74) is 6.06. The summed E-state index contributed by atoms with van der Waals surface area (Å²) >= 11 is 0. The molecule has 1 aliphatic heterocycles. The molecular weight excluding hydrogens is 172 g/mol. The first-order valence-electron chi connectivity index (χ1n) is 6.01. The molecule has 1 fully saturated rings. The zero-order chi connectivity index (χ0) is 10.6. The van der Waals surface area contributed by atoms with E-state index in [0.717, 1.165) is 6.54 Å². The standard InChI is InChI=1S/C12H26N2/c1-11(10-13)6-4-8-14-9-5-7-12(14,2)3/h11H,4-10,13H2,1-3H3. The predicted octanol–water partition coefficient (Wildman–Crippen LogP) is 2.24. The topological polar surface area (TPSA) is 29.3 Å². The molecule has 1 atom stereocenters. The normalized spacial score (nSPS) is 24.0. The van der Waals surface area contributed by atoms with Gasteiger partial charge in [-0.2, -0.15) is 0 Å². The van der Waals surface area contributed by atoms with Crippen molar-refractivity contribution >= 4 is 0 Å². The first kappa shape index (κ1) is 12.0. The van der Waals surface area contributed by atoms with Crippen LogP contribution in [0.15, 0.2) is 0 Å². The lowest BCUT2D eigenvalue weighted by Crippen LogP contribution is -2.38. The zero-order valence-corrected chi connectivity index (χ0v) is 10.1. The van der Waals surface area contributed by atoms with Crippen molar-refractivity contribution in [3.05, 3.63) is 0 Å². The van der Waals surface area contributed by atoms with Crippen molar-refractivity contribution in [2.24, 2.45) is 11.7 Å². The zero-order valence-electron chi connectivity index (χ0n) is 10.1. The summed E-state index contributed by atoms with van der Waals surface area (Å²) in [4.78, 5) is 2.64. The van der Waals surface area contributed by atoms with Crippen LogP contribution in [0.5, 0.6) is 0 Å². The van der Waals surface area contributed by atoms with Crippen LogP contribution in [0.4, 0.5) is 0 Å². The largest absolute Gasteiger partial charge is 0.330 e. The fourth-order valence-electron chi connectivity index (χ4n) is 2.33. The van der Waals surface area contributed by atoms with E-state index in [9.17, 15) is 0 Å². The summed E-state index contributed by atoms with van der Waals surface area (Å²) in [6, 6.07) is 0. The van der Waals surface area contributed by atoms with Crippen molar-refractivity contribution in [2.45, 2.75) is 52.0 Å². The van der Waals surface area contributed by atoms with Crippen LogP contribution in [0.3, 0.4) is 0 Å². The summed E-state index contributed by atoms with van der Waals surface area (Å²) < 4.78 is 0. The number of nitrogens with zero attached hydrogens (tertiary/aromatic N) is 1. The van der Waals surface area contributed by atoms with Gasteiger partial charge in [0, 0.05) is 5.54 Å². The molecule has 84 valence electrons. The van der Waals surface area contributed by atoms with Gasteiger partial charge in [-0.05, 0) is 65.1 Å². The Morgan fingerprint density at radius 2 is 2.14 bits per heavy atom. The van der Waals surface area contributed by atoms with Crippen LogP contribution in [-0.4, -0.2) is 30.1 Å². The van der Waals surface area contributed by atoms with Crippen LogP contribution in [0.1, 0.15) is 46.5 Å². The van der Waals surface area contributed by atoms with Crippen LogP contribution in [0, 0.1) is 5.92 Å². The van der Waals surface area contributed by atoms with Crippen molar-refractivity contribution in [3.63, 3.8) is 0 Å². The Morgan fingerprint density at radius 1 is 1.43 bits per heavy atom. The third kappa shape index (κ3) is 3.25. The van der Waals surface area contributed by atoms with Crippen LogP contribution < -0.4 is 5.73 Å². The Bertz CT molecular complexity index is 166. The maximum absolute atomic E-state index is 5.61. The third-order valence-corrected chi connectivity index (χ3v) is 3.60. The van der Waals surface area contributed by atoms with Crippen molar-refractivity contribution in [2.75, 3.05) is 19.6 Å². The van der Waals surface area contributed by atoms with Crippen molar-refractivity contribution in [1.29, 1.82) is 0 Å². The second-order valence-electron chi connectivity index (χ2n) is 5.39. The molecule has 0 bridgehead atoms. The fraction of sp³-hybridized carbons (Fsp3) is 1.00. The Balaban J connectivity index is 2.18. The minimum absolute atomic E-state index is 0.450. The minimum Gasteiger partial charge on any atom is -0.330 e. The highest BCUT2D eigenvalue weighted by Crippen LogP contribution is 2.28. The van der Waals surface area contributed by atoms with Crippen LogP contribution in [0.2, 0.25) is 0 Å². The molecule has 0 spiro atoms. The molecule has 0 amide bonds. The van der Waals surface area contributed by atoms with E-state index < -0.39 is 0 Å². The Hall–Kier alpha value is -0.0800. The van der Waals surface area contributed by atoms with Crippen molar-refractivity contribution in [1.82, 2.24) is 4.90 Å². The first-order valence-corrected chi connectivity index (χ1v) is 6.01. The maximum atomic E-state index is 5.61. The molecule has 0 aromatic heterocycles. The Labute approximate surface area is 88.8 Å². The summed E-state index contributed by atoms with van der Waals surface area (Å²) in [5.74, 6) is 0.695. The van der Waals surface area contributed by atoms with E-state index in [1.54, 1.807) is 0 Å². The summed E-state index contributed by atoms with van der Waals surface area (Å²) in [5, 5.41) is 0. The molecule has 0 radical (unpaired) electrons. The molecule has 2 nitrogen and oxygen atoms in total. The number of hydrogen-bond donors (Lipinski definition) is 1. The minimum atomic E-state index is 0.450. The third-order valence-electron chi connectivity index (χ3n) is 3.60. The number of nitrogens with two attached hydrogens (primary N) is 1. The van der Waals surface area contributed by atoms with E-state index in [-0.39, 0.29) is 0 Å². The van der Waals surface area contributed by atoms with Gasteiger partial charge in [0.25, 0.3) is 0 Å². The van der Waals surface area contributed by atoms with Gasteiger partial charge < -0.3 is 5.73 Å².